The number of carbonyl (C=O) groups is 1. The van der Waals surface area contributed by atoms with Crippen molar-refractivity contribution in [2.24, 2.45) is 5.92 Å². The number of carbonyl (C=O) groups excluding carboxylic acids is 1. The number of fused-ring (bicyclic) bond motifs is 1. The molecule has 0 unspecified atom stereocenters. The molecule has 1 fully saturated rings. The number of aromatic nitrogens is 3. The molecule has 2 aromatic heterocycles. The quantitative estimate of drug-likeness (QED) is 0.789. The van der Waals surface area contributed by atoms with Gasteiger partial charge in [0, 0.05) is 12.1 Å². The van der Waals surface area contributed by atoms with E-state index in [1.807, 2.05) is 10.5 Å². The first kappa shape index (κ1) is 13.1. The first-order valence-electron chi connectivity index (χ1n) is 7.12. The zero-order valence-corrected chi connectivity index (χ0v) is 11.9. The molecule has 1 aliphatic carbocycles. The van der Waals surface area contributed by atoms with Gasteiger partial charge in [-0.15, -0.1) is 10.2 Å². The van der Waals surface area contributed by atoms with Gasteiger partial charge in [0.15, 0.2) is 5.65 Å². The maximum absolute atomic E-state index is 11.6. The Balaban J connectivity index is 1.96. The van der Waals surface area contributed by atoms with Gasteiger partial charge >= 0.3 is 5.97 Å². The molecule has 0 atom stereocenters. The minimum atomic E-state index is -0.330. The fourth-order valence-electron chi connectivity index (χ4n) is 2.94. The number of rotatable bonds is 2. The summed E-state index contributed by atoms with van der Waals surface area (Å²) in [6.45, 7) is 2.30. The van der Waals surface area contributed by atoms with Crippen LogP contribution in [-0.2, 0) is 4.74 Å². The highest BCUT2D eigenvalue weighted by atomic mass is 16.5. The van der Waals surface area contributed by atoms with E-state index in [1.54, 1.807) is 12.3 Å². The SMILES string of the molecule is COC(=O)c1ccc2nnc(C3CCC(C)CC3)n2c1. The van der Waals surface area contributed by atoms with Crippen molar-refractivity contribution in [1.29, 1.82) is 0 Å². The van der Waals surface area contributed by atoms with Crippen LogP contribution in [0.15, 0.2) is 18.3 Å². The van der Waals surface area contributed by atoms with Crippen LogP contribution >= 0.6 is 0 Å². The van der Waals surface area contributed by atoms with Crippen molar-refractivity contribution in [3.63, 3.8) is 0 Å². The third-order valence-electron chi connectivity index (χ3n) is 4.23. The molecule has 2 heterocycles. The van der Waals surface area contributed by atoms with Crippen LogP contribution in [0.25, 0.3) is 5.65 Å². The molecule has 0 N–H and O–H groups in total. The van der Waals surface area contributed by atoms with Crippen molar-refractivity contribution >= 4 is 11.6 Å². The Bertz CT molecular complexity index is 627. The van der Waals surface area contributed by atoms with Gasteiger partial charge in [0.1, 0.15) is 5.82 Å². The van der Waals surface area contributed by atoms with E-state index in [1.165, 1.54) is 20.0 Å². The van der Waals surface area contributed by atoms with Crippen LogP contribution in [-0.4, -0.2) is 27.7 Å². The van der Waals surface area contributed by atoms with E-state index in [4.69, 9.17) is 4.74 Å². The first-order chi connectivity index (χ1) is 9.69. The largest absolute Gasteiger partial charge is 0.465 e. The lowest BCUT2D eigenvalue weighted by molar-refractivity contribution is 0.0600. The van der Waals surface area contributed by atoms with Crippen molar-refractivity contribution < 1.29 is 9.53 Å². The number of ether oxygens (including phenoxy) is 1. The van der Waals surface area contributed by atoms with Gasteiger partial charge in [0.25, 0.3) is 0 Å². The molecule has 5 nitrogen and oxygen atoms in total. The second-order valence-corrected chi connectivity index (χ2v) is 5.65. The molecule has 106 valence electrons. The van der Waals surface area contributed by atoms with Gasteiger partial charge < -0.3 is 4.74 Å². The van der Waals surface area contributed by atoms with Crippen LogP contribution in [0.3, 0.4) is 0 Å². The zero-order chi connectivity index (χ0) is 14.1. The van der Waals surface area contributed by atoms with Crippen molar-refractivity contribution in [3.05, 3.63) is 29.7 Å². The highest BCUT2D eigenvalue weighted by Gasteiger charge is 2.24. The third kappa shape index (κ3) is 2.28. The summed E-state index contributed by atoms with van der Waals surface area (Å²) < 4.78 is 6.71. The van der Waals surface area contributed by atoms with Crippen molar-refractivity contribution in [1.82, 2.24) is 14.6 Å². The van der Waals surface area contributed by atoms with E-state index in [0.29, 0.717) is 11.5 Å². The predicted octanol–water partition coefficient (Wildman–Crippen LogP) is 2.81. The minimum Gasteiger partial charge on any atom is -0.465 e. The van der Waals surface area contributed by atoms with Gasteiger partial charge in [-0.2, -0.15) is 0 Å². The Morgan fingerprint density at radius 2 is 2.00 bits per heavy atom. The van der Waals surface area contributed by atoms with Crippen LogP contribution in [0.1, 0.15) is 54.7 Å². The fourth-order valence-corrected chi connectivity index (χ4v) is 2.94. The molecule has 0 radical (unpaired) electrons. The Labute approximate surface area is 118 Å². The molecule has 1 aliphatic rings. The average molecular weight is 273 g/mol. The number of methoxy groups -OCH3 is 1. The topological polar surface area (TPSA) is 56.5 Å². The molecular formula is C15H19N3O2. The van der Waals surface area contributed by atoms with Crippen molar-refractivity contribution in [2.75, 3.05) is 7.11 Å². The summed E-state index contributed by atoms with van der Waals surface area (Å²) in [7, 11) is 1.39. The predicted molar refractivity (Wildman–Crippen MR) is 74.7 cm³/mol. The van der Waals surface area contributed by atoms with Crippen LogP contribution in [0.5, 0.6) is 0 Å². The molecule has 0 saturated heterocycles. The molecule has 3 rings (SSSR count). The van der Waals surface area contributed by atoms with Gasteiger partial charge in [-0.25, -0.2) is 4.79 Å². The lowest BCUT2D eigenvalue weighted by atomic mass is 9.82. The normalized spacial score (nSPS) is 22.9. The lowest BCUT2D eigenvalue weighted by Gasteiger charge is -2.24. The van der Waals surface area contributed by atoms with E-state index >= 15 is 0 Å². The number of hydrogen-bond acceptors (Lipinski definition) is 4. The highest BCUT2D eigenvalue weighted by Crippen LogP contribution is 2.34. The minimum absolute atomic E-state index is 0.330. The van der Waals surface area contributed by atoms with E-state index in [9.17, 15) is 4.79 Å². The van der Waals surface area contributed by atoms with Crippen LogP contribution < -0.4 is 0 Å². The summed E-state index contributed by atoms with van der Waals surface area (Å²) in [5, 5.41) is 8.53. The third-order valence-corrected chi connectivity index (χ3v) is 4.23. The Morgan fingerprint density at radius 1 is 1.25 bits per heavy atom. The summed E-state index contributed by atoms with van der Waals surface area (Å²) in [6.07, 6.45) is 6.54. The molecular weight excluding hydrogens is 254 g/mol. The van der Waals surface area contributed by atoms with E-state index in [2.05, 4.69) is 17.1 Å². The van der Waals surface area contributed by atoms with Gasteiger partial charge in [-0.05, 0) is 30.9 Å². The Kier molecular flexibility index (Phi) is 3.42. The van der Waals surface area contributed by atoms with Gasteiger partial charge in [-0.1, -0.05) is 19.8 Å². The molecule has 0 amide bonds. The number of hydrogen-bond donors (Lipinski definition) is 0. The molecule has 1 saturated carbocycles. The molecule has 0 aliphatic heterocycles. The van der Waals surface area contributed by atoms with E-state index < -0.39 is 0 Å². The summed E-state index contributed by atoms with van der Waals surface area (Å²) in [6, 6.07) is 3.54. The van der Waals surface area contributed by atoms with E-state index in [-0.39, 0.29) is 5.97 Å². The second kappa shape index (κ2) is 5.23. The Morgan fingerprint density at radius 3 is 2.70 bits per heavy atom. The van der Waals surface area contributed by atoms with Crippen LogP contribution in [0.2, 0.25) is 0 Å². The maximum atomic E-state index is 11.6. The summed E-state index contributed by atoms with van der Waals surface area (Å²) in [4.78, 5) is 11.6. The zero-order valence-electron chi connectivity index (χ0n) is 11.9. The summed E-state index contributed by atoms with van der Waals surface area (Å²) in [5.74, 6) is 1.88. The average Bonchev–Trinajstić information content (AvgIpc) is 2.90. The summed E-state index contributed by atoms with van der Waals surface area (Å²) >= 11 is 0. The van der Waals surface area contributed by atoms with Gasteiger partial charge in [0.2, 0.25) is 0 Å². The van der Waals surface area contributed by atoms with Crippen molar-refractivity contribution in [2.45, 2.75) is 38.5 Å². The summed E-state index contributed by atoms with van der Waals surface area (Å²) in [5.41, 5.74) is 1.32. The monoisotopic (exact) mass is 273 g/mol. The fraction of sp³-hybridized carbons (Fsp3) is 0.533. The molecule has 0 aromatic carbocycles. The molecule has 20 heavy (non-hydrogen) atoms. The van der Waals surface area contributed by atoms with E-state index in [0.717, 1.165) is 30.2 Å². The number of nitrogens with zero attached hydrogens (tertiary/aromatic N) is 3. The van der Waals surface area contributed by atoms with Gasteiger partial charge in [0.05, 0.1) is 12.7 Å². The molecule has 2 aromatic rings. The lowest BCUT2D eigenvalue weighted by Crippen LogP contribution is -2.14. The van der Waals surface area contributed by atoms with Crippen LogP contribution in [0.4, 0.5) is 0 Å². The highest BCUT2D eigenvalue weighted by molar-refractivity contribution is 5.89. The molecule has 5 heteroatoms. The smallest absolute Gasteiger partial charge is 0.339 e. The van der Waals surface area contributed by atoms with Gasteiger partial charge in [-0.3, -0.25) is 4.40 Å². The molecule has 0 bridgehead atoms. The van der Waals surface area contributed by atoms with Crippen LogP contribution in [0, 0.1) is 5.92 Å². The number of pyridine rings is 1. The maximum Gasteiger partial charge on any atom is 0.339 e. The standard InChI is InChI=1S/C15H19N3O2/c1-10-3-5-11(6-4-10)14-17-16-13-8-7-12(9-18(13)14)15(19)20-2/h7-11H,3-6H2,1-2H3. The second-order valence-electron chi connectivity index (χ2n) is 5.65. The number of esters is 1. The Hall–Kier alpha value is -1.91. The molecule has 0 spiro atoms. The van der Waals surface area contributed by atoms with Crippen molar-refractivity contribution in [3.8, 4) is 0 Å². The first-order valence-corrected chi connectivity index (χ1v) is 7.12.